The molecule has 0 bridgehead atoms. The summed E-state index contributed by atoms with van der Waals surface area (Å²) >= 11 is 3.43. The number of hydrogen-bond donors (Lipinski definition) is 1. The van der Waals surface area contributed by atoms with E-state index in [1.54, 1.807) is 0 Å². The number of aryl methyl sites for hydroxylation is 1. The van der Waals surface area contributed by atoms with Gasteiger partial charge in [-0.3, -0.25) is 0 Å². The molecule has 15 heavy (non-hydrogen) atoms. The van der Waals surface area contributed by atoms with Crippen molar-refractivity contribution >= 4 is 15.9 Å². The summed E-state index contributed by atoms with van der Waals surface area (Å²) in [6.45, 7) is 1.79. The van der Waals surface area contributed by atoms with Gasteiger partial charge in [-0.15, -0.1) is 0 Å². The van der Waals surface area contributed by atoms with E-state index >= 15 is 0 Å². The van der Waals surface area contributed by atoms with Crippen LogP contribution in [0.5, 0.6) is 0 Å². The maximum atomic E-state index is 8.80. The Morgan fingerprint density at radius 2 is 2.27 bits per heavy atom. The second-order valence-corrected chi connectivity index (χ2v) is 3.99. The van der Waals surface area contributed by atoms with Crippen LogP contribution in [-0.4, -0.2) is 15.2 Å². The summed E-state index contributed by atoms with van der Waals surface area (Å²) in [6.07, 6.45) is 0. The van der Waals surface area contributed by atoms with Crippen molar-refractivity contribution in [3.8, 4) is 11.5 Å². The highest BCUT2D eigenvalue weighted by Gasteiger charge is 2.08. The molecule has 0 radical (unpaired) electrons. The highest BCUT2D eigenvalue weighted by molar-refractivity contribution is 9.10. The van der Waals surface area contributed by atoms with Crippen LogP contribution in [0.2, 0.25) is 0 Å². The topological polar surface area (TPSA) is 59.2 Å². The van der Waals surface area contributed by atoms with Gasteiger partial charge < -0.3 is 9.63 Å². The third-order valence-electron chi connectivity index (χ3n) is 2.03. The van der Waals surface area contributed by atoms with E-state index in [0.717, 1.165) is 15.6 Å². The lowest BCUT2D eigenvalue weighted by molar-refractivity contribution is 0.264. The molecular weight excluding hydrogens is 260 g/mol. The first-order valence-electron chi connectivity index (χ1n) is 4.40. The molecule has 2 rings (SSSR count). The maximum absolute atomic E-state index is 8.80. The summed E-state index contributed by atoms with van der Waals surface area (Å²) in [5.41, 5.74) is 1.97. The molecule has 78 valence electrons. The molecule has 0 fully saturated rings. The van der Waals surface area contributed by atoms with Gasteiger partial charge in [-0.2, -0.15) is 4.98 Å². The predicted molar refractivity (Wildman–Crippen MR) is 58.1 cm³/mol. The number of nitrogens with zero attached hydrogens (tertiary/aromatic N) is 2. The Kier molecular flexibility index (Phi) is 2.83. The molecule has 2 aromatic rings. The first-order chi connectivity index (χ1) is 7.20. The van der Waals surface area contributed by atoms with Gasteiger partial charge in [-0.25, -0.2) is 0 Å². The van der Waals surface area contributed by atoms with Crippen LogP contribution in [0.4, 0.5) is 0 Å². The van der Waals surface area contributed by atoms with E-state index in [0.29, 0.717) is 11.7 Å². The second kappa shape index (κ2) is 4.12. The quantitative estimate of drug-likeness (QED) is 0.908. The summed E-state index contributed by atoms with van der Waals surface area (Å²) in [5, 5.41) is 12.4. The van der Waals surface area contributed by atoms with Crippen molar-refractivity contribution in [3.63, 3.8) is 0 Å². The van der Waals surface area contributed by atoms with Crippen molar-refractivity contribution in [1.82, 2.24) is 10.1 Å². The molecular formula is C10H9BrN2O2. The summed E-state index contributed by atoms with van der Waals surface area (Å²) in [5.74, 6) is 0.710. The molecule has 0 amide bonds. The molecule has 1 N–H and O–H groups in total. The molecule has 1 heterocycles. The van der Waals surface area contributed by atoms with Crippen LogP contribution in [0.1, 0.15) is 11.4 Å². The SMILES string of the molecule is Cc1ccc(-c2nc(CO)no2)cc1Br. The Morgan fingerprint density at radius 3 is 2.87 bits per heavy atom. The molecule has 0 aliphatic rings. The van der Waals surface area contributed by atoms with E-state index < -0.39 is 0 Å². The van der Waals surface area contributed by atoms with E-state index in [4.69, 9.17) is 9.63 Å². The van der Waals surface area contributed by atoms with Gasteiger partial charge in [-0.1, -0.05) is 27.2 Å². The number of aliphatic hydroxyl groups excluding tert-OH is 1. The van der Waals surface area contributed by atoms with Crippen molar-refractivity contribution in [1.29, 1.82) is 0 Å². The van der Waals surface area contributed by atoms with Crippen molar-refractivity contribution in [3.05, 3.63) is 34.1 Å². The minimum absolute atomic E-state index is 0.212. The molecule has 0 unspecified atom stereocenters. The van der Waals surface area contributed by atoms with Gasteiger partial charge >= 0.3 is 0 Å². The molecule has 0 aliphatic carbocycles. The van der Waals surface area contributed by atoms with Gasteiger partial charge in [0.05, 0.1) is 0 Å². The minimum Gasteiger partial charge on any atom is -0.388 e. The summed E-state index contributed by atoms with van der Waals surface area (Å²) in [6, 6.07) is 5.76. The monoisotopic (exact) mass is 268 g/mol. The molecule has 4 nitrogen and oxygen atoms in total. The van der Waals surface area contributed by atoms with E-state index in [9.17, 15) is 0 Å². The Labute approximate surface area is 95.1 Å². The van der Waals surface area contributed by atoms with Crippen LogP contribution in [0.25, 0.3) is 11.5 Å². The summed E-state index contributed by atoms with van der Waals surface area (Å²) < 4.78 is 5.98. The average Bonchev–Trinajstić information content (AvgIpc) is 2.70. The molecule has 5 heteroatoms. The van der Waals surface area contributed by atoms with Crippen molar-refractivity contribution < 1.29 is 9.63 Å². The zero-order valence-electron chi connectivity index (χ0n) is 8.07. The number of benzene rings is 1. The number of aromatic nitrogens is 2. The Balaban J connectivity index is 2.40. The third-order valence-corrected chi connectivity index (χ3v) is 2.88. The fourth-order valence-electron chi connectivity index (χ4n) is 1.16. The number of hydrogen-bond acceptors (Lipinski definition) is 4. The molecule has 0 aliphatic heterocycles. The third kappa shape index (κ3) is 2.08. The maximum Gasteiger partial charge on any atom is 0.258 e. The summed E-state index contributed by atoms with van der Waals surface area (Å²) in [7, 11) is 0. The van der Waals surface area contributed by atoms with Gasteiger partial charge in [0.25, 0.3) is 5.89 Å². The standard InChI is InChI=1S/C10H9BrN2O2/c1-6-2-3-7(4-8(6)11)10-12-9(5-14)13-15-10/h2-4,14H,5H2,1H3. The largest absolute Gasteiger partial charge is 0.388 e. The van der Waals surface area contributed by atoms with E-state index in [1.165, 1.54) is 0 Å². The fourth-order valence-corrected chi connectivity index (χ4v) is 1.54. The smallest absolute Gasteiger partial charge is 0.258 e. The fraction of sp³-hybridized carbons (Fsp3) is 0.200. The lowest BCUT2D eigenvalue weighted by atomic mass is 10.1. The Morgan fingerprint density at radius 1 is 1.47 bits per heavy atom. The first kappa shape index (κ1) is 10.3. The number of aliphatic hydroxyl groups is 1. The lowest BCUT2D eigenvalue weighted by Gasteiger charge is -1.98. The number of halogens is 1. The van der Waals surface area contributed by atoms with Crippen LogP contribution in [-0.2, 0) is 6.61 Å². The average molecular weight is 269 g/mol. The highest BCUT2D eigenvalue weighted by Crippen LogP contribution is 2.24. The van der Waals surface area contributed by atoms with E-state index in [-0.39, 0.29) is 6.61 Å². The zero-order valence-corrected chi connectivity index (χ0v) is 9.65. The Hall–Kier alpha value is -1.20. The minimum atomic E-state index is -0.212. The van der Waals surface area contributed by atoms with Crippen LogP contribution in [0.3, 0.4) is 0 Å². The van der Waals surface area contributed by atoms with Crippen molar-refractivity contribution in [2.24, 2.45) is 0 Å². The molecule has 0 saturated heterocycles. The molecule has 0 spiro atoms. The lowest BCUT2D eigenvalue weighted by Crippen LogP contribution is -1.85. The van der Waals surface area contributed by atoms with Crippen molar-refractivity contribution in [2.75, 3.05) is 0 Å². The van der Waals surface area contributed by atoms with E-state index in [2.05, 4.69) is 26.1 Å². The van der Waals surface area contributed by atoms with Gasteiger partial charge in [0.2, 0.25) is 0 Å². The van der Waals surface area contributed by atoms with Gasteiger partial charge in [-0.05, 0) is 24.6 Å². The molecule has 0 saturated carbocycles. The van der Waals surface area contributed by atoms with Crippen LogP contribution in [0, 0.1) is 6.92 Å². The predicted octanol–water partition coefficient (Wildman–Crippen LogP) is 2.30. The van der Waals surface area contributed by atoms with Gasteiger partial charge in [0.1, 0.15) is 6.61 Å². The first-order valence-corrected chi connectivity index (χ1v) is 5.20. The van der Waals surface area contributed by atoms with Gasteiger partial charge in [0, 0.05) is 10.0 Å². The molecule has 0 atom stereocenters. The molecule has 1 aromatic heterocycles. The highest BCUT2D eigenvalue weighted by atomic mass is 79.9. The Bertz CT molecular complexity index is 482. The van der Waals surface area contributed by atoms with Crippen LogP contribution in [0.15, 0.2) is 27.2 Å². The van der Waals surface area contributed by atoms with Crippen molar-refractivity contribution in [2.45, 2.75) is 13.5 Å². The second-order valence-electron chi connectivity index (χ2n) is 3.14. The van der Waals surface area contributed by atoms with Crippen LogP contribution >= 0.6 is 15.9 Å². The van der Waals surface area contributed by atoms with E-state index in [1.807, 2.05) is 25.1 Å². The van der Waals surface area contributed by atoms with Crippen LogP contribution < -0.4 is 0 Å². The number of rotatable bonds is 2. The molecule has 1 aromatic carbocycles. The normalized spacial score (nSPS) is 10.6. The zero-order chi connectivity index (χ0) is 10.8. The van der Waals surface area contributed by atoms with Gasteiger partial charge in [0.15, 0.2) is 5.82 Å². The summed E-state index contributed by atoms with van der Waals surface area (Å²) in [4.78, 5) is 4.02.